The summed E-state index contributed by atoms with van der Waals surface area (Å²) in [6, 6.07) is 12.8. The molecule has 0 radical (unpaired) electrons. The fourth-order valence-electron chi connectivity index (χ4n) is 3.31. The molecular weight excluding hydrogens is 222 g/mol. The number of aromatic nitrogens is 2. The number of benzene rings is 1. The van der Waals surface area contributed by atoms with E-state index in [0.29, 0.717) is 5.41 Å². The molecule has 0 N–H and O–H groups in total. The van der Waals surface area contributed by atoms with Crippen molar-refractivity contribution < 1.29 is 0 Å². The number of fused-ring (bicyclic) bond motifs is 1. The standard InChI is InChI=1S/C15H15N3/c1-2-5-12(6-3-1)15-9-13(15)10-18(11-15)14-16-7-4-8-17-14/h1-8,13H,9-11H2/t13-,15+/m1/s1. The van der Waals surface area contributed by atoms with Gasteiger partial charge in [0.2, 0.25) is 5.95 Å². The second kappa shape index (κ2) is 3.55. The van der Waals surface area contributed by atoms with Gasteiger partial charge in [0.05, 0.1) is 0 Å². The summed E-state index contributed by atoms with van der Waals surface area (Å²) >= 11 is 0. The number of hydrogen-bond acceptors (Lipinski definition) is 3. The average molecular weight is 237 g/mol. The van der Waals surface area contributed by atoms with Crippen LogP contribution in [-0.2, 0) is 5.41 Å². The molecule has 18 heavy (non-hydrogen) atoms. The van der Waals surface area contributed by atoms with E-state index in [2.05, 4.69) is 45.2 Å². The quantitative estimate of drug-likeness (QED) is 0.802. The summed E-state index contributed by atoms with van der Waals surface area (Å²) in [5.41, 5.74) is 1.86. The van der Waals surface area contributed by atoms with Gasteiger partial charge < -0.3 is 4.90 Å². The fraction of sp³-hybridized carbons (Fsp3) is 0.333. The Bertz CT molecular complexity index is 554. The van der Waals surface area contributed by atoms with E-state index in [4.69, 9.17) is 0 Å². The highest BCUT2D eigenvalue weighted by Crippen LogP contribution is 2.59. The Morgan fingerprint density at radius 3 is 2.61 bits per heavy atom. The molecular formula is C15H15N3. The summed E-state index contributed by atoms with van der Waals surface area (Å²) < 4.78 is 0. The molecule has 1 aromatic carbocycles. The molecule has 1 aliphatic carbocycles. The summed E-state index contributed by atoms with van der Waals surface area (Å²) in [5.74, 6) is 1.66. The Morgan fingerprint density at radius 1 is 1.06 bits per heavy atom. The number of anilines is 1. The van der Waals surface area contributed by atoms with Gasteiger partial charge in [-0.05, 0) is 24.0 Å². The third-order valence-corrected chi connectivity index (χ3v) is 4.33. The van der Waals surface area contributed by atoms with Gasteiger partial charge in [-0.2, -0.15) is 0 Å². The topological polar surface area (TPSA) is 29.0 Å². The largest absolute Gasteiger partial charge is 0.340 e. The highest BCUT2D eigenvalue weighted by Gasteiger charge is 2.61. The highest BCUT2D eigenvalue weighted by atomic mass is 15.3. The summed E-state index contributed by atoms with van der Waals surface area (Å²) in [6.45, 7) is 2.16. The fourth-order valence-corrected chi connectivity index (χ4v) is 3.31. The Hall–Kier alpha value is -1.90. The predicted octanol–water partition coefficient (Wildman–Crippen LogP) is 2.25. The van der Waals surface area contributed by atoms with E-state index in [1.165, 1.54) is 12.0 Å². The van der Waals surface area contributed by atoms with E-state index >= 15 is 0 Å². The molecule has 2 heterocycles. The van der Waals surface area contributed by atoms with Crippen molar-refractivity contribution >= 4 is 5.95 Å². The molecule has 1 saturated heterocycles. The van der Waals surface area contributed by atoms with Crippen molar-refractivity contribution in [1.82, 2.24) is 9.97 Å². The zero-order valence-corrected chi connectivity index (χ0v) is 10.2. The number of rotatable bonds is 2. The Balaban J connectivity index is 1.62. The van der Waals surface area contributed by atoms with Crippen molar-refractivity contribution in [2.24, 2.45) is 5.92 Å². The van der Waals surface area contributed by atoms with Crippen LogP contribution in [0.5, 0.6) is 0 Å². The second-order valence-corrected chi connectivity index (χ2v) is 5.35. The van der Waals surface area contributed by atoms with E-state index in [1.807, 2.05) is 18.5 Å². The van der Waals surface area contributed by atoms with Gasteiger partial charge in [-0.1, -0.05) is 30.3 Å². The van der Waals surface area contributed by atoms with Gasteiger partial charge in [0.15, 0.2) is 0 Å². The van der Waals surface area contributed by atoms with Gasteiger partial charge in [-0.25, -0.2) is 9.97 Å². The second-order valence-electron chi connectivity index (χ2n) is 5.35. The molecule has 0 bridgehead atoms. The van der Waals surface area contributed by atoms with Crippen molar-refractivity contribution in [3.05, 3.63) is 54.4 Å². The van der Waals surface area contributed by atoms with Gasteiger partial charge in [0.25, 0.3) is 0 Å². The number of piperidine rings is 1. The van der Waals surface area contributed by atoms with Crippen LogP contribution in [0, 0.1) is 5.92 Å². The minimum atomic E-state index is 0.375. The summed E-state index contributed by atoms with van der Waals surface area (Å²) in [5, 5.41) is 0. The van der Waals surface area contributed by atoms with E-state index in [1.54, 1.807) is 0 Å². The number of hydrogen-bond donors (Lipinski definition) is 0. The predicted molar refractivity (Wildman–Crippen MR) is 70.5 cm³/mol. The third-order valence-electron chi connectivity index (χ3n) is 4.33. The zero-order valence-electron chi connectivity index (χ0n) is 10.2. The maximum Gasteiger partial charge on any atom is 0.225 e. The monoisotopic (exact) mass is 237 g/mol. The number of nitrogens with zero attached hydrogens (tertiary/aromatic N) is 3. The average Bonchev–Trinajstić information content (AvgIpc) is 3.03. The third kappa shape index (κ3) is 1.37. The van der Waals surface area contributed by atoms with Crippen LogP contribution in [0.3, 0.4) is 0 Å². The first-order valence-electron chi connectivity index (χ1n) is 6.46. The Morgan fingerprint density at radius 2 is 1.83 bits per heavy atom. The smallest absolute Gasteiger partial charge is 0.225 e. The lowest BCUT2D eigenvalue weighted by Gasteiger charge is -2.20. The van der Waals surface area contributed by atoms with Gasteiger partial charge in [-0.15, -0.1) is 0 Å². The zero-order chi connectivity index (χ0) is 12.0. The van der Waals surface area contributed by atoms with E-state index in [9.17, 15) is 0 Å². The lowest BCUT2D eigenvalue weighted by atomic mass is 9.95. The molecule has 4 rings (SSSR count). The van der Waals surface area contributed by atoms with Crippen LogP contribution >= 0.6 is 0 Å². The molecule has 0 amide bonds. The summed E-state index contributed by atoms with van der Waals surface area (Å²) in [4.78, 5) is 11.0. The Labute approximate surface area is 107 Å². The molecule has 3 nitrogen and oxygen atoms in total. The molecule has 1 aliphatic heterocycles. The van der Waals surface area contributed by atoms with Gasteiger partial charge in [0.1, 0.15) is 0 Å². The molecule has 2 fully saturated rings. The Kier molecular flexibility index (Phi) is 1.98. The lowest BCUT2D eigenvalue weighted by molar-refractivity contribution is 0.708. The first-order valence-corrected chi connectivity index (χ1v) is 6.46. The summed E-state index contributed by atoms with van der Waals surface area (Å²) in [7, 11) is 0. The maximum absolute atomic E-state index is 4.36. The molecule has 90 valence electrons. The lowest BCUT2D eigenvalue weighted by Crippen LogP contribution is -2.27. The maximum atomic E-state index is 4.36. The van der Waals surface area contributed by atoms with E-state index in [0.717, 1.165) is 25.0 Å². The van der Waals surface area contributed by atoms with Crippen molar-refractivity contribution in [2.45, 2.75) is 11.8 Å². The van der Waals surface area contributed by atoms with Crippen LogP contribution in [-0.4, -0.2) is 23.1 Å². The van der Waals surface area contributed by atoms with Crippen molar-refractivity contribution in [1.29, 1.82) is 0 Å². The van der Waals surface area contributed by atoms with Crippen LogP contribution in [0.1, 0.15) is 12.0 Å². The van der Waals surface area contributed by atoms with Crippen molar-refractivity contribution in [2.75, 3.05) is 18.0 Å². The van der Waals surface area contributed by atoms with E-state index < -0.39 is 0 Å². The molecule has 2 aromatic rings. The van der Waals surface area contributed by atoms with Crippen molar-refractivity contribution in [3.63, 3.8) is 0 Å². The molecule has 2 aliphatic rings. The minimum Gasteiger partial charge on any atom is -0.340 e. The molecule has 0 unspecified atom stereocenters. The molecule has 1 saturated carbocycles. The van der Waals surface area contributed by atoms with Gasteiger partial charge >= 0.3 is 0 Å². The minimum absolute atomic E-state index is 0.375. The molecule has 1 aromatic heterocycles. The van der Waals surface area contributed by atoms with Gasteiger partial charge in [-0.3, -0.25) is 0 Å². The van der Waals surface area contributed by atoms with Crippen LogP contribution < -0.4 is 4.90 Å². The highest BCUT2D eigenvalue weighted by molar-refractivity contribution is 5.45. The van der Waals surface area contributed by atoms with Crippen molar-refractivity contribution in [3.8, 4) is 0 Å². The van der Waals surface area contributed by atoms with Gasteiger partial charge in [0, 0.05) is 30.9 Å². The normalized spacial score (nSPS) is 29.1. The first kappa shape index (κ1) is 10.1. The van der Waals surface area contributed by atoms with Crippen LogP contribution in [0.2, 0.25) is 0 Å². The van der Waals surface area contributed by atoms with E-state index in [-0.39, 0.29) is 0 Å². The summed E-state index contributed by atoms with van der Waals surface area (Å²) in [6.07, 6.45) is 4.96. The SMILES string of the molecule is c1ccc([C@@]23C[C@@H]2CN(c2ncccn2)C3)cc1. The van der Waals surface area contributed by atoms with Crippen LogP contribution in [0.15, 0.2) is 48.8 Å². The van der Waals surface area contributed by atoms with Crippen LogP contribution in [0.25, 0.3) is 0 Å². The molecule has 3 heteroatoms. The molecule has 2 atom stereocenters. The molecule has 0 spiro atoms. The first-order chi connectivity index (χ1) is 8.88. The van der Waals surface area contributed by atoms with Crippen LogP contribution in [0.4, 0.5) is 5.95 Å².